The van der Waals surface area contributed by atoms with Crippen LogP contribution in [0.4, 0.5) is 5.69 Å². The number of anilines is 1. The Morgan fingerprint density at radius 2 is 2.16 bits per heavy atom. The van der Waals surface area contributed by atoms with Gasteiger partial charge in [-0.3, -0.25) is 0 Å². The molecule has 0 bridgehead atoms. The molecule has 0 radical (unpaired) electrons. The van der Waals surface area contributed by atoms with Crippen molar-refractivity contribution in [3.8, 4) is 5.75 Å². The van der Waals surface area contributed by atoms with E-state index in [-0.39, 0.29) is 0 Å². The van der Waals surface area contributed by atoms with Crippen LogP contribution in [0.15, 0.2) is 18.2 Å². The third kappa shape index (κ3) is 3.21. The van der Waals surface area contributed by atoms with Crippen molar-refractivity contribution < 1.29 is 4.74 Å². The van der Waals surface area contributed by atoms with E-state index in [9.17, 15) is 0 Å². The van der Waals surface area contributed by atoms with Gasteiger partial charge in [-0.2, -0.15) is 0 Å². The van der Waals surface area contributed by atoms with Crippen LogP contribution in [0.3, 0.4) is 0 Å². The van der Waals surface area contributed by atoms with E-state index in [1.807, 2.05) is 0 Å². The average Bonchev–Trinajstić information content (AvgIpc) is 3.21. The highest BCUT2D eigenvalue weighted by Crippen LogP contribution is 2.34. The molecule has 3 nitrogen and oxygen atoms in total. The fraction of sp³-hybridized carbons (Fsp3) is 0.625. The maximum Gasteiger partial charge on any atom is 0.142 e. The topological polar surface area (TPSA) is 38.5 Å². The summed E-state index contributed by atoms with van der Waals surface area (Å²) < 4.78 is 6.02. The second-order valence-corrected chi connectivity index (χ2v) is 6.07. The van der Waals surface area contributed by atoms with Gasteiger partial charge in [0.2, 0.25) is 0 Å². The molecule has 1 aliphatic heterocycles. The fourth-order valence-corrected chi connectivity index (χ4v) is 2.72. The summed E-state index contributed by atoms with van der Waals surface area (Å²) in [6.07, 6.45) is 4.98. The van der Waals surface area contributed by atoms with Gasteiger partial charge in [-0.15, -0.1) is 0 Å². The van der Waals surface area contributed by atoms with Crippen LogP contribution < -0.4 is 15.4 Å². The first-order valence-electron chi connectivity index (χ1n) is 7.46. The molecule has 0 aromatic heterocycles. The van der Waals surface area contributed by atoms with Crippen molar-refractivity contribution in [2.75, 3.05) is 24.6 Å². The predicted molar refractivity (Wildman–Crippen MR) is 78.8 cm³/mol. The average molecular weight is 260 g/mol. The first-order chi connectivity index (χ1) is 9.22. The first kappa shape index (κ1) is 12.8. The van der Waals surface area contributed by atoms with Crippen LogP contribution in [-0.2, 0) is 0 Å². The lowest BCUT2D eigenvalue weighted by atomic mass is 10.0. The van der Waals surface area contributed by atoms with Gasteiger partial charge in [0.1, 0.15) is 5.75 Å². The Labute approximate surface area is 115 Å². The highest BCUT2D eigenvalue weighted by molar-refractivity contribution is 5.60. The minimum atomic E-state index is 0.297. The summed E-state index contributed by atoms with van der Waals surface area (Å²) in [5, 5.41) is 0. The van der Waals surface area contributed by atoms with Gasteiger partial charge < -0.3 is 15.4 Å². The minimum Gasteiger partial charge on any atom is -0.491 e. The maximum atomic E-state index is 6.10. The maximum absolute atomic E-state index is 6.10. The van der Waals surface area contributed by atoms with Crippen LogP contribution in [0, 0.1) is 12.8 Å². The lowest BCUT2D eigenvalue weighted by Crippen LogP contribution is -2.43. The Hall–Kier alpha value is -1.22. The Bertz CT molecular complexity index is 442. The van der Waals surface area contributed by atoms with Crippen LogP contribution >= 0.6 is 0 Å². The standard InChI is InChI=1S/C16H24N2O/c1-12-4-7-16(19-11-13-5-6-13)15(9-12)18-8-2-3-14(17)10-18/h4,7,9,13-14H,2-3,5-6,8,10-11,17H2,1H3. The predicted octanol–water partition coefficient (Wildman–Crippen LogP) is 2.71. The summed E-state index contributed by atoms with van der Waals surface area (Å²) in [6.45, 7) is 5.05. The van der Waals surface area contributed by atoms with E-state index in [2.05, 4.69) is 30.0 Å². The van der Waals surface area contributed by atoms with Crippen molar-refractivity contribution in [1.29, 1.82) is 0 Å². The number of nitrogens with zero attached hydrogens (tertiary/aromatic N) is 1. The molecule has 3 rings (SSSR count). The molecule has 19 heavy (non-hydrogen) atoms. The number of hydrogen-bond acceptors (Lipinski definition) is 3. The van der Waals surface area contributed by atoms with Gasteiger partial charge >= 0.3 is 0 Å². The Morgan fingerprint density at radius 1 is 1.32 bits per heavy atom. The van der Waals surface area contributed by atoms with E-state index in [1.165, 1.54) is 30.5 Å². The number of nitrogens with two attached hydrogens (primary N) is 1. The van der Waals surface area contributed by atoms with E-state index in [0.29, 0.717) is 6.04 Å². The zero-order chi connectivity index (χ0) is 13.2. The molecule has 1 heterocycles. The minimum absolute atomic E-state index is 0.297. The van der Waals surface area contributed by atoms with Crippen molar-refractivity contribution in [3.05, 3.63) is 23.8 Å². The summed E-state index contributed by atoms with van der Waals surface area (Å²) in [4.78, 5) is 2.39. The number of rotatable bonds is 4. The lowest BCUT2D eigenvalue weighted by molar-refractivity contribution is 0.299. The normalized spacial score (nSPS) is 23.5. The fourth-order valence-electron chi connectivity index (χ4n) is 2.72. The van der Waals surface area contributed by atoms with Crippen molar-refractivity contribution in [3.63, 3.8) is 0 Å². The number of benzene rings is 1. The van der Waals surface area contributed by atoms with Crippen LogP contribution in [0.25, 0.3) is 0 Å². The molecule has 0 spiro atoms. The molecule has 1 aromatic rings. The second-order valence-electron chi connectivity index (χ2n) is 6.07. The summed E-state index contributed by atoms with van der Waals surface area (Å²) in [5.74, 6) is 1.82. The molecule has 1 aliphatic carbocycles. The van der Waals surface area contributed by atoms with E-state index in [4.69, 9.17) is 10.5 Å². The van der Waals surface area contributed by atoms with E-state index < -0.39 is 0 Å². The van der Waals surface area contributed by atoms with Gasteiger partial charge in [-0.1, -0.05) is 6.07 Å². The molecule has 1 saturated carbocycles. The molecule has 1 saturated heterocycles. The van der Waals surface area contributed by atoms with Crippen LogP contribution in [0.1, 0.15) is 31.2 Å². The summed E-state index contributed by atoms with van der Waals surface area (Å²) in [7, 11) is 0. The van der Waals surface area contributed by atoms with Gasteiger partial charge in [0.15, 0.2) is 0 Å². The quantitative estimate of drug-likeness (QED) is 0.904. The SMILES string of the molecule is Cc1ccc(OCC2CC2)c(N2CCCC(N)C2)c1. The largest absolute Gasteiger partial charge is 0.491 e. The van der Waals surface area contributed by atoms with Crippen molar-refractivity contribution >= 4 is 5.69 Å². The van der Waals surface area contributed by atoms with Gasteiger partial charge in [0.25, 0.3) is 0 Å². The molecule has 2 N–H and O–H groups in total. The number of ether oxygens (including phenoxy) is 1. The summed E-state index contributed by atoms with van der Waals surface area (Å²) in [5.41, 5.74) is 8.62. The summed E-state index contributed by atoms with van der Waals surface area (Å²) in [6, 6.07) is 6.79. The Morgan fingerprint density at radius 3 is 2.89 bits per heavy atom. The van der Waals surface area contributed by atoms with Crippen LogP contribution in [-0.4, -0.2) is 25.7 Å². The zero-order valence-corrected chi connectivity index (χ0v) is 11.8. The van der Waals surface area contributed by atoms with E-state index in [0.717, 1.165) is 37.8 Å². The molecular weight excluding hydrogens is 236 g/mol. The van der Waals surface area contributed by atoms with Crippen molar-refractivity contribution in [2.24, 2.45) is 11.7 Å². The zero-order valence-electron chi connectivity index (χ0n) is 11.8. The molecule has 2 aliphatic rings. The van der Waals surface area contributed by atoms with Gasteiger partial charge in [-0.05, 0) is 56.2 Å². The third-order valence-corrected chi connectivity index (χ3v) is 4.08. The van der Waals surface area contributed by atoms with Crippen LogP contribution in [0.2, 0.25) is 0 Å². The highest BCUT2D eigenvalue weighted by Gasteiger charge is 2.24. The summed E-state index contributed by atoms with van der Waals surface area (Å²) >= 11 is 0. The second kappa shape index (κ2) is 5.41. The van der Waals surface area contributed by atoms with Crippen LogP contribution in [0.5, 0.6) is 5.75 Å². The third-order valence-electron chi connectivity index (χ3n) is 4.08. The smallest absolute Gasteiger partial charge is 0.142 e. The molecule has 1 unspecified atom stereocenters. The van der Waals surface area contributed by atoms with Gasteiger partial charge in [-0.25, -0.2) is 0 Å². The van der Waals surface area contributed by atoms with Crippen molar-refractivity contribution in [2.45, 2.75) is 38.6 Å². The Kier molecular flexibility index (Phi) is 3.65. The monoisotopic (exact) mass is 260 g/mol. The number of piperidine rings is 1. The molecule has 1 atom stereocenters. The molecule has 3 heteroatoms. The van der Waals surface area contributed by atoms with E-state index >= 15 is 0 Å². The molecule has 0 amide bonds. The van der Waals surface area contributed by atoms with Gasteiger partial charge in [0, 0.05) is 19.1 Å². The molecule has 104 valence electrons. The van der Waals surface area contributed by atoms with E-state index in [1.54, 1.807) is 0 Å². The molecule has 1 aromatic carbocycles. The highest BCUT2D eigenvalue weighted by atomic mass is 16.5. The lowest BCUT2D eigenvalue weighted by Gasteiger charge is -2.33. The first-order valence-corrected chi connectivity index (χ1v) is 7.46. The molecule has 2 fully saturated rings. The number of hydrogen-bond donors (Lipinski definition) is 1. The van der Waals surface area contributed by atoms with Gasteiger partial charge in [0.05, 0.1) is 12.3 Å². The number of aryl methyl sites for hydroxylation is 1. The molecular formula is C16H24N2O. The van der Waals surface area contributed by atoms with Crippen molar-refractivity contribution in [1.82, 2.24) is 0 Å². The Balaban J connectivity index is 1.77.